The van der Waals surface area contributed by atoms with Crippen LogP contribution >= 0.6 is 12.6 Å². The van der Waals surface area contributed by atoms with Crippen LogP contribution in [0.5, 0.6) is 0 Å². The quantitative estimate of drug-likeness (QED) is 0.0484. The lowest BCUT2D eigenvalue weighted by Gasteiger charge is -2.25. The lowest BCUT2D eigenvalue weighted by atomic mass is 10.0. The molecule has 0 spiro atoms. The van der Waals surface area contributed by atoms with Gasteiger partial charge in [0.2, 0.25) is 17.7 Å². The van der Waals surface area contributed by atoms with Gasteiger partial charge in [-0.05, 0) is 18.8 Å². The lowest BCUT2D eigenvalue weighted by molar-refractivity contribution is -0.143. The van der Waals surface area contributed by atoms with Crippen LogP contribution in [0.1, 0.15) is 33.1 Å². The van der Waals surface area contributed by atoms with Crippen LogP contribution in [0, 0.1) is 5.92 Å². The zero-order valence-electron chi connectivity index (χ0n) is 18.5. The number of carbonyl (C=O) groups excluding carboxylic acids is 3. The van der Waals surface area contributed by atoms with Crippen molar-refractivity contribution in [3.63, 3.8) is 0 Å². The van der Waals surface area contributed by atoms with E-state index in [-0.39, 0.29) is 37.0 Å². The fourth-order valence-corrected chi connectivity index (χ4v) is 2.70. The van der Waals surface area contributed by atoms with Crippen LogP contribution in [0.15, 0.2) is 4.99 Å². The molecule has 0 aliphatic heterocycles. The topological polar surface area (TPSA) is 252 Å². The van der Waals surface area contributed by atoms with E-state index >= 15 is 0 Å². The number of carboxylic acids is 2. The van der Waals surface area contributed by atoms with Gasteiger partial charge in [0.25, 0.3) is 0 Å². The van der Waals surface area contributed by atoms with Crippen molar-refractivity contribution >= 4 is 48.2 Å². The first kappa shape index (κ1) is 29.9. The van der Waals surface area contributed by atoms with Gasteiger partial charge in [-0.1, -0.05) is 13.8 Å². The van der Waals surface area contributed by atoms with E-state index in [1.165, 1.54) is 0 Å². The second-order valence-corrected chi connectivity index (χ2v) is 7.89. The zero-order chi connectivity index (χ0) is 25.7. The monoisotopic (exact) mass is 491 g/mol. The van der Waals surface area contributed by atoms with Crippen LogP contribution in [0.25, 0.3) is 0 Å². The van der Waals surface area contributed by atoms with Gasteiger partial charge in [0.1, 0.15) is 18.1 Å². The fraction of sp³-hybridized carbons (Fsp3) is 0.667. The third-order valence-electron chi connectivity index (χ3n) is 4.41. The Morgan fingerprint density at radius 2 is 1.42 bits per heavy atom. The molecule has 0 aliphatic rings. The summed E-state index contributed by atoms with van der Waals surface area (Å²) in [5.41, 5.74) is 16.3. The van der Waals surface area contributed by atoms with E-state index in [1.807, 2.05) is 0 Å². The van der Waals surface area contributed by atoms with Crippen molar-refractivity contribution in [2.45, 2.75) is 57.3 Å². The average molecular weight is 492 g/mol. The van der Waals surface area contributed by atoms with Gasteiger partial charge < -0.3 is 43.4 Å². The third-order valence-corrected chi connectivity index (χ3v) is 4.77. The smallest absolute Gasteiger partial charge is 0.327 e. The van der Waals surface area contributed by atoms with Crippen molar-refractivity contribution < 1.29 is 34.2 Å². The summed E-state index contributed by atoms with van der Waals surface area (Å²) in [4.78, 5) is 63.7. The number of rotatable bonds is 15. The first-order valence-electron chi connectivity index (χ1n) is 10.1. The predicted molar refractivity (Wildman–Crippen MR) is 122 cm³/mol. The second kappa shape index (κ2) is 14.9. The highest BCUT2D eigenvalue weighted by Crippen LogP contribution is 2.05. The Bertz CT molecular complexity index is 744. The van der Waals surface area contributed by atoms with E-state index in [0.29, 0.717) is 0 Å². The Labute approximate surface area is 196 Å². The number of guanidine groups is 1. The minimum Gasteiger partial charge on any atom is -0.481 e. The molecule has 0 fully saturated rings. The number of nitrogens with one attached hydrogen (secondary N) is 3. The van der Waals surface area contributed by atoms with Crippen molar-refractivity contribution in [2.75, 3.05) is 12.3 Å². The minimum absolute atomic E-state index is 0.0506. The lowest BCUT2D eigenvalue weighted by Crippen LogP contribution is -2.58. The summed E-state index contributed by atoms with van der Waals surface area (Å²) in [7, 11) is 0. The van der Waals surface area contributed by atoms with Gasteiger partial charge in [0.05, 0.1) is 12.5 Å². The number of hydrogen-bond donors (Lipinski definition) is 9. The predicted octanol–water partition coefficient (Wildman–Crippen LogP) is -3.03. The molecule has 0 aliphatic carbocycles. The summed E-state index contributed by atoms with van der Waals surface area (Å²) < 4.78 is 0. The number of nitrogens with two attached hydrogens (primary N) is 3. The van der Waals surface area contributed by atoms with Gasteiger partial charge in [-0.2, -0.15) is 12.6 Å². The molecule has 0 radical (unpaired) electrons. The average Bonchev–Trinajstić information content (AvgIpc) is 2.71. The Morgan fingerprint density at radius 1 is 0.909 bits per heavy atom. The molecular formula is C18H33N7O7S. The molecule has 188 valence electrons. The van der Waals surface area contributed by atoms with Crippen molar-refractivity contribution in [1.29, 1.82) is 0 Å². The third kappa shape index (κ3) is 11.9. The molecule has 14 nitrogen and oxygen atoms in total. The number of hydrogen-bond acceptors (Lipinski definition) is 8. The van der Waals surface area contributed by atoms with Crippen LogP contribution in [0.2, 0.25) is 0 Å². The molecule has 4 unspecified atom stereocenters. The highest BCUT2D eigenvalue weighted by molar-refractivity contribution is 7.80. The summed E-state index contributed by atoms with van der Waals surface area (Å²) in [6.45, 7) is 3.58. The maximum atomic E-state index is 12.8. The highest BCUT2D eigenvalue weighted by atomic mass is 32.1. The first-order chi connectivity index (χ1) is 15.3. The molecular weight excluding hydrogens is 458 g/mol. The first-order valence-corrected chi connectivity index (χ1v) is 10.7. The van der Waals surface area contributed by atoms with Crippen LogP contribution in [-0.4, -0.2) is 82.3 Å². The van der Waals surface area contributed by atoms with Crippen molar-refractivity contribution in [3.05, 3.63) is 0 Å². The minimum atomic E-state index is -1.60. The molecule has 33 heavy (non-hydrogen) atoms. The van der Waals surface area contributed by atoms with Gasteiger partial charge in [-0.25, -0.2) is 4.79 Å². The largest absolute Gasteiger partial charge is 0.481 e. The number of amides is 3. The summed E-state index contributed by atoms with van der Waals surface area (Å²) in [6, 6.07) is -5.09. The van der Waals surface area contributed by atoms with Gasteiger partial charge >= 0.3 is 11.9 Å². The molecule has 0 aromatic carbocycles. The van der Waals surface area contributed by atoms with Crippen LogP contribution in [-0.2, 0) is 24.0 Å². The molecule has 11 N–H and O–H groups in total. The Balaban J connectivity index is 5.54. The fourth-order valence-electron chi connectivity index (χ4n) is 2.46. The molecule has 4 atom stereocenters. The summed E-state index contributed by atoms with van der Waals surface area (Å²) in [5.74, 6) is -5.94. The van der Waals surface area contributed by atoms with Gasteiger partial charge in [0.15, 0.2) is 5.96 Å². The molecule has 15 heteroatoms. The van der Waals surface area contributed by atoms with Gasteiger partial charge in [-0.3, -0.25) is 24.2 Å². The van der Waals surface area contributed by atoms with Gasteiger partial charge in [0, 0.05) is 12.3 Å². The number of carbonyl (C=O) groups is 5. The molecule has 0 aromatic rings. The van der Waals surface area contributed by atoms with Crippen molar-refractivity contribution in [2.24, 2.45) is 28.1 Å². The normalized spacial score (nSPS) is 14.3. The Kier molecular flexibility index (Phi) is 13.5. The molecule has 3 amide bonds. The van der Waals surface area contributed by atoms with Crippen LogP contribution in [0.4, 0.5) is 0 Å². The molecule has 0 saturated heterocycles. The van der Waals surface area contributed by atoms with E-state index in [4.69, 9.17) is 27.4 Å². The summed E-state index contributed by atoms with van der Waals surface area (Å²) in [5, 5.41) is 25.0. The standard InChI is InChI=1S/C18H33N7O7S/c1-8(2)13(19)16(30)23-9(4-3-5-22-18(20)21)14(28)24-10(6-12(26)27)15(29)25-11(7-33)17(31)32/h8-11,13,33H,3-7,19H2,1-2H3,(H,23,30)(H,24,28)(H,25,29)(H,26,27)(H,31,32)(H4,20,21,22). The van der Waals surface area contributed by atoms with E-state index in [2.05, 4.69) is 33.6 Å². The van der Waals surface area contributed by atoms with Gasteiger partial charge in [-0.15, -0.1) is 0 Å². The van der Waals surface area contributed by atoms with E-state index in [1.54, 1.807) is 13.8 Å². The number of thiol groups is 1. The summed E-state index contributed by atoms with van der Waals surface area (Å²) >= 11 is 3.82. The van der Waals surface area contributed by atoms with Crippen LogP contribution in [0.3, 0.4) is 0 Å². The van der Waals surface area contributed by atoms with E-state index in [0.717, 1.165) is 0 Å². The SMILES string of the molecule is CC(C)C(N)C(=O)NC(CCCN=C(N)N)C(=O)NC(CC(=O)O)C(=O)NC(CS)C(=O)O. The Hall–Kier alpha value is -3.07. The summed E-state index contributed by atoms with van der Waals surface area (Å²) in [6.07, 6.45) is -0.505. The maximum absolute atomic E-state index is 12.8. The zero-order valence-corrected chi connectivity index (χ0v) is 19.4. The number of aliphatic imine (C=N–C) groups is 1. The highest BCUT2D eigenvalue weighted by Gasteiger charge is 2.31. The Morgan fingerprint density at radius 3 is 1.88 bits per heavy atom. The maximum Gasteiger partial charge on any atom is 0.327 e. The molecule has 0 saturated carbocycles. The van der Waals surface area contributed by atoms with E-state index < -0.39 is 60.2 Å². The molecule has 0 heterocycles. The van der Waals surface area contributed by atoms with Crippen LogP contribution < -0.4 is 33.2 Å². The molecule has 0 rings (SSSR count). The number of carboxylic acid groups (broad SMARTS) is 2. The molecule has 0 bridgehead atoms. The van der Waals surface area contributed by atoms with E-state index in [9.17, 15) is 24.0 Å². The van der Waals surface area contributed by atoms with Crippen molar-refractivity contribution in [1.82, 2.24) is 16.0 Å². The number of nitrogens with zero attached hydrogens (tertiary/aromatic N) is 1. The molecule has 0 aromatic heterocycles. The van der Waals surface area contributed by atoms with Crippen molar-refractivity contribution in [3.8, 4) is 0 Å². The number of aliphatic carboxylic acids is 2. The second-order valence-electron chi connectivity index (χ2n) is 7.52.